The van der Waals surface area contributed by atoms with E-state index >= 15 is 0 Å². The van der Waals surface area contributed by atoms with Gasteiger partial charge in [0.1, 0.15) is 6.61 Å². The summed E-state index contributed by atoms with van der Waals surface area (Å²) in [7, 11) is 0. The van der Waals surface area contributed by atoms with Crippen LogP contribution in [0.5, 0.6) is 0 Å². The molecule has 0 fully saturated rings. The Labute approximate surface area is 436 Å². The molecule has 1 atom stereocenters. The summed E-state index contributed by atoms with van der Waals surface area (Å²) < 4.78 is 17.5. The van der Waals surface area contributed by atoms with E-state index in [1.165, 1.54) is 193 Å². The van der Waals surface area contributed by atoms with Crippen LogP contribution >= 0.6 is 0 Å². The van der Waals surface area contributed by atoms with Gasteiger partial charge in [-0.2, -0.15) is 0 Å². The fraction of sp³-hybridized carbons (Fsp3) is 0.785. The maximum atomic E-state index is 12.9. The summed E-state index contributed by atoms with van der Waals surface area (Å²) in [6, 6.07) is 0. The van der Waals surface area contributed by atoms with Crippen LogP contribution in [0.25, 0.3) is 0 Å². The number of hydrogen-bond donors (Lipinski definition) is 0. The van der Waals surface area contributed by atoms with Crippen molar-refractivity contribution in [3.63, 3.8) is 0 Å². The van der Waals surface area contributed by atoms with Crippen LogP contribution in [-0.2, 0) is 23.8 Å². The van der Waals surface area contributed by atoms with Crippen LogP contribution in [0.3, 0.4) is 0 Å². The highest BCUT2D eigenvalue weighted by atomic mass is 16.6. The molecule has 0 aliphatic rings. The fourth-order valence-electron chi connectivity index (χ4n) is 8.71. The van der Waals surface area contributed by atoms with E-state index in [1.807, 2.05) is 0 Å². The van der Waals surface area contributed by atoms with Gasteiger partial charge in [0.05, 0.1) is 6.61 Å². The molecule has 0 aliphatic carbocycles. The van der Waals surface area contributed by atoms with Crippen molar-refractivity contribution in [2.45, 2.75) is 309 Å². The zero-order valence-corrected chi connectivity index (χ0v) is 46.8. The topological polar surface area (TPSA) is 61.8 Å². The zero-order chi connectivity index (χ0) is 50.6. The van der Waals surface area contributed by atoms with Crippen molar-refractivity contribution in [2.24, 2.45) is 0 Å². The van der Waals surface area contributed by atoms with Crippen LogP contribution in [0.4, 0.5) is 0 Å². The largest absolute Gasteiger partial charge is 0.462 e. The van der Waals surface area contributed by atoms with Gasteiger partial charge in [-0.15, -0.1) is 0 Å². The van der Waals surface area contributed by atoms with Gasteiger partial charge in [-0.1, -0.05) is 273 Å². The van der Waals surface area contributed by atoms with Crippen LogP contribution in [0.15, 0.2) is 72.9 Å². The van der Waals surface area contributed by atoms with E-state index in [4.69, 9.17) is 14.2 Å². The fourth-order valence-corrected chi connectivity index (χ4v) is 8.71. The van der Waals surface area contributed by atoms with Crippen LogP contribution in [0.2, 0.25) is 0 Å². The second-order valence-corrected chi connectivity index (χ2v) is 20.2. The normalized spacial score (nSPS) is 12.7. The Hall–Kier alpha value is -2.66. The first kappa shape index (κ1) is 67.3. The summed E-state index contributed by atoms with van der Waals surface area (Å²) >= 11 is 0. The molecule has 0 aromatic carbocycles. The molecule has 0 amide bonds. The second kappa shape index (κ2) is 60.6. The summed E-state index contributed by atoms with van der Waals surface area (Å²) in [4.78, 5) is 25.5. The van der Waals surface area contributed by atoms with Crippen molar-refractivity contribution in [1.29, 1.82) is 0 Å². The van der Waals surface area contributed by atoms with Crippen molar-refractivity contribution in [3.8, 4) is 0 Å². The third-order valence-electron chi connectivity index (χ3n) is 13.2. The van der Waals surface area contributed by atoms with Crippen LogP contribution < -0.4 is 0 Å². The molecule has 0 N–H and O–H groups in total. The third kappa shape index (κ3) is 57.9. The Morgan fingerprint density at radius 1 is 0.329 bits per heavy atom. The number of carbonyl (C=O) groups is 2. The predicted molar refractivity (Wildman–Crippen MR) is 307 cm³/mol. The summed E-state index contributed by atoms with van der Waals surface area (Å²) in [6.45, 7) is 7.69. The van der Waals surface area contributed by atoms with Crippen molar-refractivity contribution in [3.05, 3.63) is 72.9 Å². The number of carbonyl (C=O) groups excluding carboxylic acids is 2. The first-order valence-corrected chi connectivity index (χ1v) is 30.5. The number of allylic oxidation sites excluding steroid dienone is 12. The molecule has 1 unspecified atom stereocenters. The molecule has 5 heteroatoms. The van der Waals surface area contributed by atoms with E-state index in [0.29, 0.717) is 19.4 Å². The molecule has 0 spiro atoms. The number of ether oxygens (including phenoxy) is 3. The SMILES string of the molecule is CC/C=C\C/C=C\C/C=C\C/C=C\CCCCC(=O)OC(COCCCCCCCCCCCC/C=C\C/C=C\CCCCC)COC(=O)CCCCCCCCCCCCCCCCCCCCC. The van der Waals surface area contributed by atoms with E-state index < -0.39 is 6.10 Å². The molecule has 0 aliphatic heterocycles. The second-order valence-electron chi connectivity index (χ2n) is 20.2. The molecule has 5 nitrogen and oxygen atoms in total. The molecular weight excluding hydrogens is 861 g/mol. The molecule has 0 aromatic heterocycles. The number of esters is 2. The predicted octanol–water partition coefficient (Wildman–Crippen LogP) is 21.0. The van der Waals surface area contributed by atoms with Gasteiger partial charge in [-0.3, -0.25) is 9.59 Å². The van der Waals surface area contributed by atoms with Gasteiger partial charge in [0, 0.05) is 19.4 Å². The smallest absolute Gasteiger partial charge is 0.306 e. The van der Waals surface area contributed by atoms with E-state index in [2.05, 4.69) is 93.7 Å². The van der Waals surface area contributed by atoms with Gasteiger partial charge >= 0.3 is 11.9 Å². The molecular formula is C65H116O5. The van der Waals surface area contributed by atoms with Crippen LogP contribution in [0, 0.1) is 0 Å². The standard InChI is InChI=1S/C65H116O5/c1-4-7-10-13-16-19-22-25-28-30-32-34-36-39-42-45-48-51-54-57-60-68-61-63(70-65(67)59-56-53-50-47-44-41-37-27-24-21-18-15-12-9-6-3)62-69-64(66)58-55-52-49-46-43-40-38-35-33-31-29-26-23-20-17-14-11-8-5-2/h9,12,16,18-19,21,25,27-28,37,44,47,63H,4-8,10-11,13-15,17,20,22-24,26,29-36,38-43,45-46,48-62H2,1-3H3/b12-9-,19-16-,21-18-,28-25-,37-27-,47-44-. The Bertz CT molecular complexity index is 1240. The summed E-state index contributed by atoms with van der Waals surface area (Å²) in [6.07, 6.45) is 79.4. The molecule has 0 radical (unpaired) electrons. The van der Waals surface area contributed by atoms with Crippen LogP contribution in [0.1, 0.15) is 303 Å². The molecule has 0 saturated carbocycles. The van der Waals surface area contributed by atoms with Crippen molar-refractivity contribution in [2.75, 3.05) is 19.8 Å². The monoisotopic (exact) mass is 977 g/mol. The first-order valence-electron chi connectivity index (χ1n) is 30.5. The average molecular weight is 978 g/mol. The molecule has 0 aromatic rings. The van der Waals surface area contributed by atoms with Crippen LogP contribution in [-0.4, -0.2) is 37.9 Å². The van der Waals surface area contributed by atoms with Gasteiger partial charge < -0.3 is 14.2 Å². The highest BCUT2D eigenvalue weighted by Gasteiger charge is 2.17. The Balaban J connectivity index is 4.28. The summed E-state index contributed by atoms with van der Waals surface area (Å²) in [5.74, 6) is -0.433. The van der Waals surface area contributed by atoms with E-state index in [1.54, 1.807) is 0 Å². The van der Waals surface area contributed by atoms with E-state index in [0.717, 1.165) is 77.0 Å². The minimum Gasteiger partial charge on any atom is -0.462 e. The number of hydrogen-bond acceptors (Lipinski definition) is 5. The van der Waals surface area contributed by atoms with Gasteiger partial charge in [0.15, 0.2) is 6.10 Å². The van der Waals surface area contributed by atoms with E-state index in [9.17, 15) is 9.59 Å². The lowest BCUT2D eigenvalue weighted by molar-refractivity contribution is -0.163. The Kier molecular flexibility index (Phi) is 58.3. The van der Waals surface area contributed by atoms with Crippen molar-refractivity contribution < 1.29 is 23.8 Å². The van der Waals surface area contributed by atoms with E-state index in [-0.39, 0.29) is 25.2 Å². The summed E-state index contributed by atoms with van der Waals surface area (Å²) in [5.41, 5.74) is 0. The highest BCUT2D eigenvalue weighted by molar-refractivity contribution is 5.70. The van der Waals surface area contributed by atoms with Gasteiger partial charge in [-0.05, 0) is 89.9 Å². The maximum absolute atomic E-state index is 12.9. The third-order valence-corrected chi connectivity index (χ3v) is 13.2. The van der Waals surface area contributed by atoms with Gasteiger partial charge in [0.2, 0.25) is 0 Å². The maximum Gasteiger partial charge on any atom is 0.306 e. The lowest BCUT2D eigenvalue weighted by atomic mass is 10.0. The van der Waals surface area contributed by atoms with Crippen molar-refractivity contribution >= 4 is 11.9 Å². The number of unbranched alkanes of at least 4 members (excludes halogenated alkanes) is 33. The van der Waals surface area contributed by atoms with Gasteiger partial charge in [0.25, 0.3) is 0 Å². The summed E-state index contributed by atoms with van der Waals surface area (Å²) in [5, 5.41) is 0. The minimum atomic E-state index is -0.561. The minimum absolute atomic E-state index is 0.0687. The highest BCUT2D eigenvalue weighted by Crippen LogP contribution is 2.16. The molecule has 0 heterocycles. The van der Waals surface area contributed by atoms with Gasteiger partial charge in [-0.25, -0.2) is 0 Å². The zero-order valence-electron chi connectivity index (χ0n) is 46.8. The molecule has 70 heavy (non-hydrogen) atoms. The average Bonchev–Trinajstić information content (AvgIpc) is 3.36. The van der Waals surface area contributed by atoms with Crippen molar-refractivity contribution in [1.82, 2.24) is 0 Å². The Morgan fingerprint density at radius 3 is 1.09 bits per heavy atom. The lowest BCUT2D eigenvalue weighted by Gasteiger charge is -2.18. The molecule has 0 saturated heterocycles. The molecule has 0 bridgehead atoms. The quantitative estimate of drug-likeness (QED) is 0.0345. The molecule has 406 valence electrons. The molecule has 0 rings (SSSR count). The first-order chi connectivity index (χ1) is 34.6. The number of rotatable bonds is 56. The Morgan fingerprint density at radius 2 is 0.643 bits per heavy atom. The lowest BCUT2D eigenvalue weighted by Crippen LogP contribution is -2.30.